The van der Waals surface area contributed by atoms with Gasteiger partial charge in [0.05, 0.1) is 5.56 Å². The van der Waals surface area contributed by atoms with Crippen LogP contribution in [0.2, 0.25) is 0 Å². The number of hydrogen-bond acceptors (Lipinski definition) is 5. The van der Waals surface area contributed by atoms with Gasteiger partial charge in [-0.15, -0.1) is 0 Å². The Morgan fingerprint density at radius 3 is 2.53 bits per heavy atom. The highest BCUT2D eigenvalue weighted by Crippen LogP contribution is 2.18. The molecule has 92 valence electrons. The first kappa shape index (κ1) is 11.3. The molecule has 5 nitrogen and oxygen atoms in total. The molecule has 0 aromatic carbocycles. The fourth-order valence-electron chi connectivity index (χ4n) is 1.64. The summed E-state index contributed by atoms with van der Waals surface area (Å²) in [5.41, 5.74) is 1.72. The van der Waals surface area contributed by atoms with Crippen LogP contribution in [-0.2, 0) is 9.53 Å². The molecule has 0 N–H and O–H groups in total. The molecular formula is C14H9N3O2. The first-order valence-electron chi connectivity index (χ1n) is 5.66. The lowest BCUT2D eigenvalue weighted by Gasteiger charge is -1.96. The van der Waals surface area contributed by atoms with Gasteiger partial charge >= 0.3 is 5.97 Å². The number of ether oxygens (including phenoxy) is 1. The molecule has 0 spiro atoms. The molecule has 0 bridgehead atoms. The minimum absolute atomic E-state index is 0.256. The van der Waals surface area contributed by atoms with Gasteiger partial charge in [-0.2, -0.15) is 0 Å². The quantitative estimate of drug-likeness (QED) is 0.603. The minimum atomic E-state index is -0.470. The summed E-state index contributed by atoms with van der Waals surface area (Å²) < 4.78 is 5.11. The molecule has 0 aliphatic carbocycles. The predicted molar refractivity (Wildman–Crippen MR) is 69.1 cm³/mol. The van der Waals surface area contributed by atoms with E-state index in [1.54, 1.807) is 49.1 Å². The van der Waals surface area contributed by atoms with E-state index in [9.17, 15) is 4.79 Å². The van der Waals surface area contributed by atoms with Gasteiger partial charge in [-0.1, -0.05) is 6.07 Å². The second kappa shape index (κ2) is 4.81. The van der Waals surface area contributed by atoms with Crippen molar-refractivity contribution in [3.63, 3.8) is 0 Å². The molecule has 0 atom stereocenters. The summed E-state index contributed by atoms with van der Waals surface area (Å²) in [5, 5.41) is 0. The van der Waals surface area contributed by atoms with Gasteiger partial charge in [0.25, 0.3) is 0 Å². The summed E-state index contributed by atoms with van der Waals surface area (Å²) in [6, 6.07) is 7.17. The molecule has 0 amide bonds. The number of nitrogens with zero attached hydrogens (tertiary/aromatic N) is 3. The van der Waals surface area contributed by atoms with E-state index in [2.05, 4.69) is 15.0 Å². The van der Waals surface area contributed by atoms with Crippen molar-refractivity contribution in [1.82, 2.24) is 9.97 Å². The Kier molecular flexibility index (Phi) is 2.86. The van der Waals surface area contributed by atoms with Crippen LogP contribution >= 0.6 is 0 Å². The van der Waals surface area contributed by atoms with Crippen LogP contribution < -0.4 is 0 Å². The number of esters is 1. The van der Waals surface area contributed by atoms with E-state index < -0.39 is 5.97 Å². The lowest BCUT2D eigenvalue weighted by Crippen LogP contribution is -2.05. The minimum Gasteiger partial charge on any atom is -0.402 e. The van der Waals surface area contributed by atoms with Crippen LogP contribution in [-0.4, -0.2) is 21.8 Å². The third-order valence-corrected chi connectivity index (χ3v) is 2.52. The molecule has 19 heavy (non-hydrogen) atoms. The van der Waals surface area contributed by atoms with Crippen molar-refractivity contribution >= 4 is 17.9 Å². The molecule has 3 rings (SSSR count). The fraction of sp³-hybridized carbons (Fsp3) is 0. The molecule has 0 fully saturated rings. The Balaban J connectivity index is 1.94. The number of aromatic nitrogens is 2. The van der Waals surface area contributed by atoms with E-state index in [-0.39, 0.29) is 11.6 Å². The average molecular weight is 251 g/mol. The molecule has 3 heterocycles. The SMILES string of the molecule is O=C1OC(c2cccnc2)=N/C1=C/c1cccnc1. The van der Waals surface area contributed by atoms with Gasteiger partial charge in [0, 0.05) is 24.8 Å². The van der Waals surface area contributed by atoms with Crippen molar-refractivity contribution < 1.29 is 9.53 Å². The van der Waals surface area contributed by atoms with Gasteiger partial charge in [-0.05, 0) is 29.8 Å². The monoisotopic (exact) mass is 251 g/mol. The zero-order chi connectivity index (χ0) is 13.1. The molecule has 2 aromatic heterocycles. The van der Waals surface area contributed by atoms with E-state index in [4.69, 9.17) is 4.74 Å². The van der Waals surface area contributed by atoms with Crippen LogP contribution in [0.4, 0.5) is 0 Å². The van der Waals surface area contributed by atoms with Gasteiger partial charge < -0.3 is 4.74 Å². The summed E-state index contributed by atoms with van der Waals surface area (Å²) in [5.74, 6) is -0.198. The van der Waals surface area contributed by atoms with Gasteiger partial charge in [0.2, 0.25) is 5.90 Å². The van der Waals surface area contributed by atoms with E-state index >= 15 is 0 Å². The number of rotatable bonds is 2. The van der Waals surface area contributed by atoms with Crippen molar-refractivity contribution in [1.29, 1.82) is 0 Å². The number of pyridine rings is 2. The molecule has 2 aromatic rings. The smallest absolute Gasteiger partial charge is 0.363 e. The van der Waals surface area contributed by atoms with Crippen molar-refractivity contribution in [3.8, 4) is 0 Å². The first-order chi connectivity index (χ1) is 9.33. The summed E-state index contributed by atoms with van der Waals surface area (Å²) in [7, 11) is 0. The number of hydrogen-bond donors (Lipinski definition) is 0. The Morgan fingerprint density at radius 1 is 1.05 bits per heavy atom. The maximum absolute atomic E-state index is 11.7. The summed E-state index contributed by atoms with van der Waals surface area (Å²) in [4.78, 5) is 23.8. The Hall–Kier alpha value is -2.82. The van der Waals surface area contributed by atoms with Crippen molar-refractivity contribution in [3.05, 3.63) is 65.9 Å². The number of aliphatic imine (C=N–C) groups is 1. The lowest BCUT2D eigenvalue weighted by molar-refractivity contribution is -0.129. The van der Waals surface area contributed by atoms with Crippen LogP contribution in [0.1, 0.15) is 11.1 Å². The second-order valence-electron chi connectivity index (χ2n) is 3.86. The molecule has 0 unspecified atom stereocenters. The third kappa shape index (κ3) is 2.40. The third-order valence-electron chi connectivity index (χ3n) is 2.52. The highest BCUT2D eigenvalue weighted by molar-refractivity contribution is 6.12. The van der Waals surface area contributed by atoms with Crippen molar-refractivity contribution in [2.45, 2.75) is 0 Å². The summed E-state index contributed by atoms with van der Waals surface area (Å²) >= 11 is 0. The van der Waals surface area contributed by atoms with Crippen LogP contribution in [0.15, 0.2) is 59.7 Å². The van der Waals surface area contributed by atoms with E-state index in [1.165, 1.54) is 0 Å². The largest absolute Gasteiger partial charge is 0.402 e. The molecule has 1 aliphatic heterocycles. The Morgan fingerprint density at radius 2 is 1.84 bits per heavy atom. The summed E-state index contributed by atoms with van der Waals surface area (Å²) in [6.07, 6.45) is 8.20. The van der Waals surface area contributed by atoms with Gasteiger partial charge in [0.15, 0.2) is 5.70 Å². The Labute approximate surface area is 109 Å². The van der Waals surface area contributed by atoms with Crippen LogP contribution in [0, 0.1) is 0 Å². The Bertz CT molecular complexity index is 664. The lowest BCUT2D eigenvalue weighted by atomic mass is 10.2. The molecule has 0 radical (unpaired) electrons. The van der Waals surface area contributed by atoms with Crippen LogP contribution in [0.3, 0.4) is 0 Å². The highest BCUT2D eigenvalue weighted by Gasteiger charge is 2.24. The maximum atomic E-state index is 11.7. The van der Waals surface area contributed by atoms with E-state index in [0.29, 0.717) is 5.56 Å². The average Bonchev–Trinajstić information content (AvgIpc) is 2.82. The van der Waals surface area contributed by atoms with Crippen molar-refractivity contribution in [2.24, 2.45) is 4.99 Å². The van der Waals surface area contributed by atoms with Gasteiger partial charge in [-0.25, -0.2) is 9.79 Å². The standard InChI is InChI=1S/C14H9N3O2/c18-14-12(7-10-3-1-5-15-8-10)17-13(19-14)11-4-2-6-16-9-11/h1-9H/b12-7+. The van der Waals surface area contributed by atoms with Crippen molar-refractivity contribution in [2.75, 3.05) is 0 Å². The molecule has 0 saturated heterocycles. The number of carbonyl (C=O) groups is 1. The summed E-state index contributed by atoms with van der Waals surface area (Å²) in [6.45, 7) is 0. The molecule has 0 saturated carbocycles. The highest BCUT2D eigenvalue weighted by atomic mass is 16.6. The zero-order valence-corrected chi connectivity index (χ0v) is 9.85. The zero-order valence-electron chi connectivity index (χ0n) is 9.85. The van der Waals surface area contributed by atoms with Crippen LogP contribution in [0.5, 0.6) is 0 Å². The molecular weight excluding hydrogens is 242 g/mol. The fourth-order valence-corrected chi connectivity index (χ4v) is 1.64. The van der Waals surface area contributed by atoms with Crippen LogP contribution in [0.25, 0.3) is 6.08 Å². The molecule has 5 heteroatoms. The normalized spacial score (nSPS) is 16.3. The first-order valence-corrected chi connectivity index (χ1v) is 5.66. The predicted octanol–water partition coefficient (Wildman–Crippen LogP) is 1.82. The second-order valence-corrected chi connectivity index (χ2v) is 3.86. The van der Waals surface area contributed by atoms with Gasteiger partial charge in [-0.3, -0.25) is 9.97 Å². The van der Waals surface area contributed by atoms with Gasteiger partial charge in [0.1, 0.15) is 0 Å². The topological polar surface area (TPSA) is 64.4 Å². The maximum Gasteiger partial charge on any atom is 0.363 e. The number of carbonyl (C=O) groups excluding carboxylic acids is 1. The number of cyclic esters (lactones) is 1. The molecule has 1 aliphatic rings. The van der Waals surface area contributed by atoms with E-state index in [1.807, 2.05) is 6.07 Å². The van der Waals surface area contributed by atoms with E-state index in [0.717, 1.165) is 5.56 Å².